The normalized spacial score (nSPS) is 13.4. The van der Waals surface area contributed by atoms with Crippen molar-refractivity contribution in [3.8, 4) is 0 Å². The molecule has 0 saturated heterocycles. The highest BCUT2D eigenvalue weighted by atomic mass is 35.6. The Bertz CT molecular complexity index is 375. The van der Waals surface area contributed by atoms with E-state index in [9.17, 15) is 9.59 Å². The van der Waals surface area contributed by atoms with E-state index in [4.69, 9.17) is 79.1 Å². The van der Waals surface area contributed by atoms with Crippen LogP contribution < -0.4 is 0 Å². The van der Waals surface area contributed by atoms with Crippen molar-refractivity contribution in [3.63, 3.8) is 0 Å². The molecule has 0 N–H and O–H groups in total. The van der Waals surface area contributed by atoms with Crippen molar-refractivity contribution in [1.29, 1.82) is 0 Å². The molecule has 0 radical (unpaired) electrons. The third-order valence-corrected chi connectivity index (χ3v) is 2.60. The highest BCUT2D eigenvalue weighted by molar-refractivity contribution is 6.76. The molecule has 122 valence electrons. The van der Waals surface area contributed by atoms with E-state index in [0.29, 0.717) is 0 Å². The molecule has 11 heteroatoms. The molecule has 0 aromatic heterocycles. The lowest BCUT2D eigenvalue weighted by Gasteiger charge is -2.21. The molecule has 5 nitrogen and oxygen atoms in total. The Morgan fingerprint density at radius 3 is 1.95 bits per heavy atom. The van der Waals surface area contributed by atoms with E-state index >= 15 is 0 Å². The van der Waals surface area contributed by atoms with Crippen LogP contribution in [0.5, 0.6) is 0 Å². The maximum Gasteiger partial charge on any atom is 0.359 e. The lowest BCUT2D eigenvalue weighted by molar-refractivity contribution is -0.161. The maximum atomic E-state index is 11.4. The number of esters is 2. The highest BCUT2D eigenvalue weighted by Crippen LogP contribution is 2.29. The fraction of sp³-hybridized carbons (Fsp3) is 0.600. The molecule has 0 aliphatic heterocycles. The van der Waals surface area contributed by atoms with Crippen LogP contribution in [-0.2, 0) is 23.8 Å². The zero-order valence-electron chi connectivity index (χ0n) is 10.3. The topological polar surface area (TPSA) is 61.8 Å². The van der Waals surface area contributed by atoms with Gasteiger partial charge in [0.05, 0.1) is 13.2 Å². The van der Waals surface area contributed by atoms with Crippen LogP contribution >= 0.6 is 69.6 Å². The third-order valence-electron chi connectivity index (χ3n) is 1.68. The van der Waals surface area contributed by atoms with Gasteiger partial charge in [0, 0.05) is 0 Å². The van der Waals surface area contributed by atoms with Crippen LogP contribution in [0.2, 0.25) is 0 Å². The standard InChI is InChI=1S/C10H10Cl6O5/c1-2-3-19-4-6(21-8(18)10(14,15)16)5-20-7(17)9(11,12)13/h2,6H,1,3-5H2. The predicted octanol–water partition coefficient (Wildman–Crippen LogP) is 3.38. The summed E-state index contributed by atoms with van der Waals surface area (Å²) in [4.78, 5) is 22.7. The van der Waals surface area contributed by atoms with Crippen LogP contribution in [0.25, 0.3) is 0 Å². The van der Waals surface area contributed by atoms with Gasteiger partial charge < -0.3 is 14.2 Å². The van der Waals surface area contributed by atoms with Crippen LogP contribution in [0.4, 0.5) is 0 Å². The number of carbonyl (C=O) groups excluding carboxylic acids is 2. The van der Waals surface area contributed by atoms with E-state index in [-0.39, 0.29) is 13.2 Å². The number of hydrogen-bond acceptors (Lipinski definition) is 5. The van der Waals surface area contributed by atoms with Crippen molar-refractivity contribution < 1.29 is 23.8 Å². The molecule has 0 aliphatic carbocycles. The first kappa shape index (κ1) is 21.4. The van der Waals surface area contributed by atoms with Crippen molar-refractivity contribution in [2.75, 3.05) is 19.8 Å². The second kappa shape index (κ2) is 9.50. The maximum absolute atomic E-state index is 11.4. The molecule has 0 aromatic carbocycles. The first-order valence-corrected chi connectivity index (χ1v) is 7.45. The van der Waals surface area contributed by atoms with Gasteiger partial charge in [-0.3, -0.25) is 0 Å². The molecular formula is C10H10Cl6O5. The fourth-order valence-electron chi connectivity index (χ4n) is 0.868. The Morgan fingerprint density at radius 2 is 1.52 bits per heavy atom. The van der Waals surface area contributed by atoms with Gasteiger partial charge in [-0.25, -0.2) is 9.59 Å². The largest absolute Gasteiger partial charge is 0.458 e. The summed E-state index contributed by atoms with van der Waals surface area (Å²) in [5, 5.41) is 0. The Balaban J connectivity index is 4.56. The van der Waals surface area contributed by atoms with Crippen LogP contribution in [0, 0.1) is 0 Å². The minimum absolute atomic E-state index is 0.147. The van der Waals surface area contributed by atoms with Gasteiger partial charge in [0.2, 0.25) is 0 Å². The second-order valence-corrected chi connectivity index (χ2v) is 8.01. The SMILES string of the molecule is C=CCOCC(COC(=O)C(Cl)(Cl)Cl)OC(=O)C(Cl)(Cl)Cl. The van der Waals surface area contributed by atoms with E-state index in [1.807, 2.05) is 0 Å². The number of hydrogen-bond donors (Lipinski definition) is 0. The number of ether oxygens (including phenoxy) is 3. The predicted molar refractivity (Wildman–Crippen MR) is 82.4 cm³/mol. The Labute approximate surface area is 151 Å². The van der Waals surface area contributed by atoms with Crippen LogP contribution in [0.1, 0.15) is 0 Å². The van der Waals surface area contributed by atoms with Crippen molar-refractivity contribution >= 4 is 81.5 Å². The van der Waals surface area contributed by atoms with Gasteiger partial charge in [-0.15, -0.1) is 6.58 Å². The molecule has 0 aliphatic rings. The summed E-state index contributed by atoms with van der Waals surface area (Å²) in [6.45, 7) is 3.00. The molecule has 1 unspecified atom stereocenters. The Morgan fingerprint density at radius 1 is 1.00 bits per heavy atom. The van der Waals surface area contributed by atoms with Gasteiger partial charge in [0.15, 0.2) is 6.10 Å². The molecule has 21 heavy (non-hydrogen) atoms. The molecule has 0 spiro atoms. The molecule has 0 aromatic rings. The van der Waals surface area contributed by atoms with Gasteiger partial charge in [0.25, 0.3) is 7.59 Å². The smallest absolute Gasteiger partial charge is 0.359 e. The Hall–Kier alpha value is 0.380. The molecule has 0 bridgehead atoms. The number of carbonyl (C=O) groups is 2. The summed E-state index contributed by atoms with van der Waals surface area (Å²) in [7, 11) is 0. The van der Waals surface area contributed by atoms with E-state index in [1.54, 1.807) is 0 Å². The first-order chi connectivity index (χ1) is 9.48. The minimum atomic E-state index is -2.28. The van der Waals surface area contributed by atoms with Gasteiger partial charge in [-0.2, -0.15) is 0 Å². The van der Waals surface area contributed by atoms with Gasteiger partial charge in [0.1, 0.15) is 6.61 Å². The van der Waals surface area contributed by atoms with E-state index in [0.717, 1.165) is 0 Å². The van der Waals surface area contributed by atoms with Crippen LogP contribution in [0.3, 0.4) is 0 Å². The summed E-state index contributed by atoms with van der Waals surface area (Å²) in [6, 6.07) is 0. The fourth-order valence-corrected chi connectivity index (χ4v) is 1.16. The first-order valence-electron chi connectivity index (χ1n) is 5.19. The molecule has 0 fully saturated rings. The minimum Gasteiger partial charge on any atom is -0.458 e. The van der Waals surface area contributed by atoms with E-state index in [2.05, 4.69) is 11.3 Å². The molecular weight excluding hydrogens is 413 g/mol. The summed E-state index contributed by atoms with van der Waals surface area (Å²) >= 11 is 32.0. The van der Waals surface area contributed by atoms with Crippen molar-refractivity contribution in [2.45, 2.75) is 13.7 Å². The lowest BCUT2D eigenvalue weighted by atomic mass is 10.4. The summed E-state index contributed by atoms with van der Waals surface area (Å²) in [5.41, 5.74) is 0. The Kier molecular flexibility index (Phi) is 9.68. The zero-order valence-corrected chi connectivity index (χ0v) is 14.8. The quantitative estimate of drug-likeness (QED) is 0.272. The van der Waals surface area contributed by atoms with E-state index < -0.39 is 32.2 Å². The molecule has 1 atom stereocenters. The van der Waals surface area contributed by atoms with E-state index in [1.165, 1.54) is 6.08 Å². The average molecular weight is 423 g/mol. The summed E-state index contributed by atoms with van der Waals surface area (Å²) < 4.78 is 10.0. The average Bonchev–Trinajstić information content (AvgIpc) is 2.32. The van der Waals surface area contributed by atoms with Crippen LogP contribution in [0.15, 0.2) is 12.7 Å². The highest BCUT2D eigenvalue weighted by Gasteiger charge is 2.36. The number of rotatable bonds is 7. The van der Waals surface area contributed by atoms with Crippen molar-refractivity contribution in [1.82, 2.24) is 0 Å². The second-order valence-electron chi connectivity index (χ2n) is 3.45. The monoisotopic (exact) mass is 420 g/mol. The molecule has 0 rings (SSSR count). The number of alkyl halides is 6. The van der Waals surface area contributed by atoms with Gasteiger partial charge in [-0.05, 0) is 0 Å². The molecule has 0 saturated carbocycles. The van der Waals surface area contributed by atoms with Gasteiger partial charge >= 0.3 is 11.9 Å². The lowest BCUT2D eigenvalue weighted by Crippen LogP contribution is -2.35. The number of halogens is 6. The van der Waals surface area contributed by atoms with Crippen molar-refractivity contribution in [2.24, 2.45) is 0 Å². The molecule has 0 heterocycles. The summed E-state index contributed by atoms with van der Waals surface area (Å²) in [5.74, 6) is -2.31. The molecule has 0 amide bonds. The van der Waals surface area contributed by atoms with Crippen LogP contribution in [-0.4, -0.2) is 45.4 Å². The zero-order chi connectivity index (χ0) is 16.7. The van der Waals surface area contributed by atoms with Crippen molar-refractivity contribution in [3.05, 3.63) is 12.7 Å². The van der Waals surface area contributed by atoms with Gasteiger partial charge in [-0.1, -0.05) is 75.7 Å². The summed E-state index contributed by atoms with van der Waals surface area (Å²) in [6.07, 6.45) is 0.408. The third kappa shape index (κ3) is 9.89.